The normalized spacial score (nSPS) is 12.7. The number of rotatable bonds is 16. The van der Waals surface area contributed by atoms with Crippen LogP contribution in [0.4, 0.5) is 0 Å². The molecule has 0 aliphatic rings. The van der Waals surface area contributed by atoms with Crippen LogP contribution in [-0.4, -0.2) is 25.5 Å². The van der Waals surface area contributed by atoms with E-state index in [0.29, 0.717) is 13.0 Å². The van der Waals surface area contributed by atoms with Gasteiger partial charge in [-0.25, -0.2) is 0 Å². The summed E-state index contributed by atoms with van der Waals surface area (Å²) < 4.78 is 5.47. The van der Waals surface area contributed by atoms with Gasteiger partial charge < -0.3 is 10.1 Å². The van der Waals surface area contributed by atoms with Gasteiger partial charge in [0.25, 0.3) is 0 Å². The highest BCUT2D eigenvalue weighted by Gasteiger charge is 2.34. The molecule has 0 aromatic heterocycles. The van der Waals surface area contributed by atoms with Crippen LogP contribution in [0.3, 0.4) is 0 Å². The topological polar surface area (TPSA) is 55.4 Å². The SMILES string of the molecule is CCCCCCCCCCCCOC(=O)C(C)(C)CC(CC)C(=O)NC. The van der Waals surface area contributed by atoms with Crippen molar-refractivity contribution >= 4 is 11.9 Å². The smallest absolute Gasteiger partial charge is 0.311 e. The second-order valence-corrected chi connectivity index (χ2v) is 8.13. The number of unbranched alkanes of at least 4 members (excludes halogenated alkanes) is 9. The Kier molecular flexibility index (Phi) is 14.4. The van der Waals surface area contributed by atoms with E-state index in [9.17, 15) is 9.59 Å². The summed E-state index contributed by atoms with van der Waals surface area (Å²) in [5.41, 5.74) is -0.619. The molecular weight excluding hydrogens is 326 g/mol. The fourth-order valence-corrected chi connectivity index (χ4v) is 3.28. The van der Waals surface area contributed by atoms with Crippen LogP contribution in [0.25, 0.3) is 0 Å². The molecule has 0 bridgehead atoms. The first-order valence-corrected chi connectivity index (χ1v) is 10.8. The summed E-state index contributed by atoms with van der Waals surface area (Å²) in [6, 6.07) is 0. The van der Waals surface area contributed by atoms with Crippen LogP contribution in [-0.2, 0) is 14.3 Å². The molecule has 0 aromatic carbocycles. The lowest BCUT2D eigenvalue weighted by Crippen LogP contribution is -2.35. The molecule has 0 aliphatic carbocycles. The molecule has 1 N–H and O–H groups in total. The minimum absolute atomic E-state index is 0.00284. The van der Waals surface area contributed by atoms with Gasteiger partial charge in [0.1, 0.15) is 0 Å². The third kappa shape index (κ3) is 11.5. The molecular formula is C22H43NO3. The lowest BCUT2D eigenvalue weighted by molar-refractivity contribution is -0.155. The van der Waals surface area contributed by atoms with Gasteiger partial charge >= 0.3 is 5.97 Å². The highest BCUT2D eigenvalue weighted by atomic mass is 16.5. The standard InChI is InChI=1S/C22H43NO3/c1-6-8-9-10-11-12-13-14-15-16-17-26-21(25)22(3,4)18-19(7-2)20(24)23-5/h19H,6-18H2,1-5H3,(H,23,24). The van der Waals surface area contributed by atoms with Crippen LogP contribution < -0.4 is 5.32 Å². The maximum absolute atomic E-state index is 12.3. The first kappa shape index (κ1) is 24.9. The molecule has 0 saturated heterocycles. The van der Waals surface area contributed by atoms with Gasteiger partial charge in [0.05, 0.1) is 12.0 Å². The zero-order valence-corrected chi connectivity index (χ0v) is 18.0. The average molecular weight is 370 g/mol. The van der Waals surface area contributed by atoms with Crippen molar-refractivity contribution < 1.29 is 14.3 Å². The van der Waals surface area contributed by atoms with E-state index in [1.54, 1.807) is 7.05 Å². The van der Waals surface area contributed by atoms with E-state index in [-0.39, 0.29) is 17.8 Å². The highest BCUT2D eigenvalue weighted by Crippen LogP contribution is 2.29. The minimum atomic E-state index is -0.619. The maximum atomic E-state index is 12.3. The van der Waals surface area contributed by atoms with Gasteiger partial charge in [-0.1, -0.05) is 71.6 Å². The molecule has 4 nitrogen and oxygen atoms in total. The summed E-state index contributed by atoms with van der Waals surface area (Å²) in [5, 5.41) is 2.68. The number of hydrogen-bond donors (Lipinski definition) is 1. The van der Waals surface area contributed by atoms with Gasteiger partial charge in [0, 0.05) is 13.0 Å². The Hall–Kier alpha value is -1.06. The van der Waals surface area contributed by atoms with Gasteiger partial charge in [0.2, 0.25) is 5.91 Å². The number of carbonyl (C=O) groups is 2. The van der Waals surface area contributed by atoms with E-state index < -0.39 is 5.41 Å². The largest absolute Gasteiger partial charge is 0.465 e. The van der Waals surface area contributed by atoms with E-state index in [1.165, 1.54) is 51.4 Å². The predicted molar refractivity (Wildman–Crippen MR) is 109 cm³/mol. The number of hydrogen-bond acceptors (Lipinski definition) is 3. The Morgan fingerprint density at radius 1 is 0.885 bits per heavy atom. The Morgan fingerprint density at radius 3 is 1.85 bits per heavy atom. The Labute approximate surface area is 161 Å². The van der Waals surface area contributed by atoms with Gasteiger partial charge in [-0.3, -0.25) is 9.59 Å². The van der Waals surface area contributed by atoms with Gasteiger partial charge in [0.15, 0.2) is 0 Å². The van der Waals surface area contributed by atoms with E-state index in [1.807, 2.05) is 20.8 Å². The predicted octanol–water partition coefficient (Wildman–Crippen LogP) is 5.64. The molecule has 0 aromatic rings. The summed E-state index contributed by atoms with van der Waals surface area (Å²) in [6.45, 7) is 8.47. The van der Waals surface area contributed by atoms with E-state index in [4.69, 9.17) is 4.74 Å². The molecule has 0 radical (unpaired) electrons. The van der Waals surface area contributed by atoms with E-state index >= 15 is 0 Å². The molecule has 4 heteroatoms. The van der Waals surface area contributed by atoms with Crippen LogP contribution in [0.15, 0.2) is 0 Å². The molecule has 1 unspecified atom stereocenters. The molecule has 0 saturated carbocycles. The van der Waals surface area contributed by atoms with Crippen molar-refractivity contribution in [2.24, 2.45) is 11.3 Å². The quantitative estimate of drug-likeness (QED) is 0.283. The van der Waals surface area contributed by atoms with Crippen LogP contribution in [0, 0.1) is 11.3 Å². The monoisotopic (exact) mass is 369 g/mol. The van der Waals surface area contributed by atoms with Crippen molar-refractivity contribution in [3.63, 3.8) is 0 Å². The molecule has 0 fully saturated rings. The van der Waals surface area contributed by atoms with Gasteiger partial charge in [-0.15, -0.1) is 0 Å². The van der Waals surface area contributed by atoms with Crippen molar-refractivity contribution in [3.8, 4) is 0 Å². The van der Waals surface area contributed by atoms with Gasteiger partial charge in [-0.05, 0) is 33.1 Å². The molecule has 154 valence electrons. The second kappa shape index (κ2) is 15.0. The molecule has 26 heavy (non-hydrogen) atoms. The summed E-state index contributed by atoms with van der Waals surface area (Å²) in [5.74, 6) is -0.321. The van der Waals surface area contributed by atoms with Crippen molar-refractivity contribution in [2.75, 3.05) is 13.7 Å². The number of nitrogens with one attached hydrogen (secondary N) is 1. The van der Waals surface area contributed by atoms with E-state index in [0.717, 1.165) is 19.3 Å². The molecule has 0 spiro atoms. The third-order valence-corrected chi connectivity index (χ3v) is 5.15. The number of carbonyl (C=O) groups excluding carboxylic acids is 2. The Morgan fingerprint density at radius 2 is 1.38 bits per heavy atom. The second-order valence-electron chi connectivity index (χ2n) is 8.13. The molecule has 1 amide bonds. The number of esters is 1. The zero-order valence-electron chi connectivity index (χ0n) is 18.0. The fourth-order valence-electron chi connectivity index (χ4n) is 3.28. The van der Waals surface area contributed by atoms with Crippen LogP contribution >= 0.6 is 0 Å². The molecule has 1 atom stereocenters. The lowest BCUT2D eigenvalue weighted by Gasteiger charge is -2.26. The first-order chi connectivity index (χ1) is 12.4. The summed E-state index contributed by atoms with van der Waals surface area (Å²) in [7, 11) is 1.64. The minimum Gasteiger partial charge on any atom is -0.465 e. The fraction of sp³-hybridized carbons (Fsp3) is 0.909. The van der Waals surface area contributed by atoms with Crippen LogP contribution in [0.2, 0.25) is 0 Å². The van der Waals surface area contributed by atoms with Gasteiger partial charge in [-0.2, -0.15) is 0 Å². The lowest BCUT2D eigenvalue weighted by atomic mass is 9.81. The first-order valence-electron chi connectivity index (χ1n) is 10.8. The number of ether oxygens (including phenoxy) is 1. The van der Waals surface area contributed by atoms with Crippen molar-refractivity contribution in [2.45, 2.75) is 105 Å². The Balaban J connectivity index is 3.81. The van der Waals surface area contributed by atoms with Crippen molar-refractivity contribution in [3.05, 3.63) is 0 Å². The van der Waals surface area contributed by atoms with Crippen molar-refractivity contribution in [1.29, 1.82) is 0 Å². The average Bonchev–Trinajstić information content (AvgIpc) is 2.63. The molecule has 0 rings (SSSR count). The summed E-state index contributed by atoms with van der Waals surface area (Å²) in [4.78, 5) is 24.2. The molecule has 0 aliphatic heterocycles. The molecule has 0 heterocycles. The third-order valence-electron chi connectivity index (χ3n) is 5.15. The zero-order chi connectivity index (χ0) is 19.8. The number of amides is 1. The van der Waals surface area contributed by atoms with E-state index in [2.05, 4.69) is 12.2 Å². The van der Waals surface area contributed by atoms with Crippen molar-refractivity contribution in [1.82, 2.24) is 5.32 Å². The maximum Gasteiger partial charge on any atom is 0.311 e. The highest BCUT2D eigenvalue weighted by molar-refractivity contribution is 5.81. The summed E-state index contributed by atoms with van der Waals surface area (Å²) in [6.07, 6.45) is 13.9. The Bertz CT molecular complexity index is 380. The van der Waals surface area contributed by atoms with Crippen LogP contribution in [0.5, 0.6) is 0 Å². The van der Waals surface area contributed by atoms with Crippen LogP contribution in [0.1, 0.15) is 105 Å². The summed E-state index contributed by atoms with van der Waals surface area (Å²) >= 11 is 0.